The van der Waals surface area contributed by atoms with Gasteiger partial charge in [0.1, 0.15) is 0 Å². The number of nitrogens with zero attached hydrogens (tertiary/aromatic N) is 2. The van der Waals surface area contributed by atoms with Crippen molar-refractivity contribution >= 4 is 45.6 Å². The third-order valence-corrected chi connectivity index (χ3v) is 3.57. The summed E-state index contributed by atoms with van der Waals surface area (Å²) < 4.78 is 1.12. The van der Waals surface area contributed by atoms with Crippen molar-refractivity contribution < 1.29 is 0 Å². The number of hydrogen-bond acceptors (Lipinski definition) is 3. The molecular formula is C13H13IN4S. The van der Waals surface area contributed by atoms with Crippen molar-refractivity contribution in [3.8, 4) is 0 Å². The summed E-state index contributed by atoms with van der Waals surface area (Å²) in [6.45, 7) is 2.47. The summed E-state index contributed by atoms with van der Waals surface area (Å²) in [5.74, 6) is 0. The minimum atomic E-state index is 0.558. The van der Waals surface area contributed by atoms with Crippen molar-refractivity contribution in [3.05, 3.63) is 51.6 Å². The third-order valence-electron chi connectivity index (χ3n) is 2.39. The number of anilines is 1. The third kappa shape index (κ3) is 4.39. The van der Waals surface area contributed by atoms with Crippen LogP contribution in [0.15, 0.2) is 36.7 Å². The van der Waals surface area contributed by atoms with Crippen LogP contribution in [0.5, 0.6) is 0 Å². The van der Waals surface area contributed by atoms with E-state index >= 15 is 0 Å². The highest BCUT2D eigenvalue weighted by Crippen LogP contribution is 2.16. The summed E-state index contributed by atoms with van der Waals surface area (Å²) in [5.41, 5.74) is 2.76. The van der Waals surface area contributed by atoms with Crippen molar-refractivity contribution in [3.63, 3.8) is 0 Å². The van der Waals surface area contributed by atoms with Gasteiger partial charge in [-0.05, 0) is 53.9 Å². The lowest BCUT2D eigenvalue weighted by molar-refractivity contribution is 0.862. The van der Waals surface area contributed by atoms with Crippen molar-refractivity contribution in [2.45, 2.75) is 13.5 Å². The molecule has 0 aliphatic heterocycles. The number of para-hydroxylation sites is 1. The SMILES string of the molecule is Cc1cnc(CNC(=S)Nc2ccccc2I)cn1. The molecule has 0 amide bonds. The molecule has 0 aliphatic rings. The van der Waals surface area contributed by atoms with E-state index in [2.05, 4.69) is 43.2 Å². The molecule has 1 aromatic heterocycles. The fourth-order valence-corrected chi connectivity index (χ4v) is 2.11. The maximum atomic E-state index is 5.25. The largest absolute Gasteiger partial charge is 0.357 e. The van der Waals surface area contributed by atoms with Gasteiger partial charge in [-0.2, -0.15) is 0 Å². The Morgan fingerprint density at radius 3 is 2.74 bits per heavy atom. The number of rotatable bonds is 3. The minimum Gasteiger partial charge on any atom is -0.357 e. The fourth-order valence-electron chi connectivity index (χ4n) is 1.41. The molecule has 4 nitrogen and oxygen atoms in total. The van der Waals surface area contributed by atoms with Gasteiger partial charge >= 0.3 is 0 Å². The molecule has 1 aromatic carbocycles. The van der Waals surface area contributed by atoms with Crippen LogP contribution in [0.4, 0.5) is 5.69 Å². The highest BCUT2D eigenvalue weighted by atomic mass is 127. The molecule has 0 saturated carbocycles. The van der Waals surface area contributed by atoms with E-state index in [4.69, 9.17) is 12.2 Å². The van der Waals surface area contributed by atoms with Gasteiger partial charge in [0.05, 0.1) is 29.8 Å². The Labute approximate surface area is 131 Å². The molecular weight excluding hydrogens is 371 g/mol. The molecule has 0 spiro atoms. The maximum absolute atomic E-state index is 5.25. The molecule has 0 unspecified atom stereocenters. The molecule has 2 aromatic rings. The second-order valence-electron chi connectivity index (χ2n) is 3.94. The van der Waals surface area contributed by atoms with Crippen molar-refractivity contribution in [1.82, 2.24) is 15.3 Å². The first kappa shape index (κ1) is 14.1. The Hall–Kier alpha value is -1.28. The summed E-state index contributed by atoms with van der Waals surface area (Å²) in [6, 6.07) is 7.97. The summed E-state index contributed by atoms with van der Waals surface area (Å²) in [5, 5.41) is 6.84. The molecule has 0 fully saturated rings. The number of benzene rings is 1. The van der Waals surface area contributed by atoms with E-state index < -0.39 is 0 Å². The van der Waals surface area contributed by atoms with E-state index in [1.807, 2.05) is 31.2 Å². The summed E-state index contributed by atoms with van der Waals surface area (Å²) in [4.78, 5) is 8.45. The predicted octanol–water partition coefficient (Wildman–Crippen LogP) is 2.88. The molecule has 0 atom stereocenters. The van der Waals surface area contributed by atoms with Gasteiger partial charge in [-0.1, -0.05) is 12.1 Å². The highest BCUT2D eigenvalue weighted by Gasteiger charge is 2.01. The first-order valence-corrected chi connectivity index (χ1v) is 7.21. The van der Waals surface area contributed by atoms with Gasteiger partial charge in [0.25, 0.3) is 0 Å². The molecule has 6 heteroatoms. The predicted molar refractivity (Wildman–Crippen MR) is 89.0 cm³/mol. The number of aromatic nitrogens is 2. The summed E-state index contributed by atoms with van der Waals surface area (Å²) in [6.07, 6.45) is 3.49. The highest BCUT2D eigenvalue weighted by molar-refractivity contribution is 14.1. The monoisotopic (exact) mass is 384 g/mol. The van der Waals surface area contributed by atoms with Crippen LogP contribution in [0.2, 0.25) is 0 Å². The summed E-state index contributed by atoms with van der Waals surface area (Å²) in [7, 11) is 0. The van der Waals surface area contributed by atoms with E-state index in [9.17, 15) is 0 Å². The smallest absolute Gasteiger partial charge is 0.171 e. The molecule has 2 N–H and O–H groups in total. The molecule has 0 saturated heterocycles. The van der Waals surface area contributed by atoms with Gasteiger partial charge in [0, 0.05) is 9.77 Å². The second kappa shape index (κ2) is 6.76. The average Bonchev–Trinajstić information content (AvgIpc) is 2.41. The van der Waals surface area contributed by atoms with Gasteiger partial charge in [-0.25, -0.2) is 0 Å². The van der Waals surface area contributed by atoms with Gasteiger partial charge in [-0.15, -0.1) is 0 Å². The van der Waals surface area contributed by atoms with Crippen LogP contribution in [0.1, 0.15) is 11.4 Å². The minimum absolute atomic E-state index is 0.558. The fraction of sp³-hybridized carbons (Fsp3) is 0.154. The van der Waals surface area contributed by atoms with E-state index in [1.165, 1.54) is 0 Å². The molecule has 0 aliphatic carbocycles. The van der Waals surface area contributed by atoms with Crippen LogP contribution in [0.3, 0.4) is 0 Å². The molecule has 0 radical (unpaired) electrons. The lowest BCUT2D eigenvalue weighted by atomic mass is 10.3. The van der Waals surface area contributed by atoms with Crippen molar-refractivity contribution in [2.24, 2.45) is 0 Å². The number of halogens is 1. The van der Waals surface area contributed by atoms with Gasteiger partial charge in [0.2, 0.25) is 0 Å². The van der Waals surface area contributed by atoms with Crippen molar-refractivity contribution in [1.29, 1.82) is 0 Å². The van der Waals surface area contributed by atoms with Crippen molar-refractivity contribution in [2.75, 3.05) is 5.32 Å². The normalized spacial score (nSPS) is 10.0. The van der Waals surface area contributed by atoms with Gasteiger partial charge in [0.15, 0.2) is 5.11 Å². The lowest BCUT2D eigenvalue weighted by Gasteiger charge is -2.11. The zero-order chi connectivity index (χ0) is 13.7. The van der Waals surface area contributed by atoms with Gasteiger partial charge in [-0.3, -0.25) is 9.97 Å². The van der Waals surface area contributed by atoms with Crippen LogP contribution in [-0.4, -0.2) is 15.1 Å². The second-order valence-corrected chi connectivity index (χ2v) is 5.51. The molecule has 98 valence electrons. The first-order chi connectivity index (χ1) is 9.15. The number of aryl methyl sites for hydroxylation is 1. The Morgan fingerprint density at radius 2 is 2.05 bits per heavy atom. The van der Waals surface area contributed by atoms with Crippen LogP contribution in [-0.2, 0) is 6.54 Å². The molecule has 1 heterocycles. The lowest BCUT2D eigenvalue weighted by Crippen LogP contribution is -2.28. The zero-order valence-electron chi connectivity index (χ0n) is 10.4. The Bertz CT molecular complexity index is 571. The van der Waals surface area contributed by atoms with Gasteiger partial charge < -0.3 is 10.6 Å². The van der Waals surface area contributed by atoms with E-state index in [1.54, 1.807) is 12.4 Å². The van der Waals surface area contributed by atoms with Crippen LogP contribution in [0, 0.1) is 10.5 Å². The number of nitrogens with one attached hydrogen (secondary N) is 2. The number of thiocarbonyl (C=S) groups is 1. The summed E-state index contributed by atoms with van der Waals surface area (Å²) >= 11 is 7.51. The number of hydrogen-bond donors (Lipinski definition) is 2. The standard InChI is InChI=1S/C13H13IN4S/c1-9-6-16-10(7-15-9)8-17-13(19)18-12-5-3-2-4-11(12)14/h2-7H,8H2,1H3,(H2,17,18,19). The Balaban J connectivity index is 1.88. The Morgan fingerprint density at radius 1 is 1.26 bits per heavy atom. The van der Waals surface area contributed by atoms with E-state index in [-0.39, 0.29) is 0 Å². The van der Waals surface area contributed by atoms with Crippen LogP contribution < -0.4 is 10.6 Å². The molecule has 19 heavy (non-hydrogen) atoms. The van der Waals surface area contributed by atoms with Crippen LogP contribution in [0.25, 0.3) is 0 Å². The maximum Gasteiger partial charge on any atom is 0.171 e. The topological polar surface area (TPSA) is 49.8 Å². The zero-order valence-corrected chi connectivity index (χ0v) is 13.3. The Kier molecular flexibility index (Phi) is 5.03. The van der Waals surface area contributed by atoms with E-state index in [0.717, 1.165) is 20.6 Å². The quantitative estimate of drug-likeness (QED) is 0.630. The average molecular weight is 384 g/mol. The van der Waals surface area contributed by atoms with E-state index in [0.29, 0.717) is 11.7 Å². The van der Waals surface area contributed by atoms with Crippen LogP contribution >= 0.6 is 34.8 Å². The molecule has 2 rings (SSSR count). The first-order valence-electron chi connectivity index (χ1n) is 5.72. The molecule has 0 bridgehead atoms.